The highest BCUT2D eigenvalue weighted by atomic mass is 32.1. The SMILES string of the molecule is COc1ccc(-c2csc(NC(=O)C3CCCCN3)n2)cc1OC. The maximum absolute atomic E-state index is 12.3. The van der Waals surface area contributed by atoms with E-state index in [1.54, 1.807) is 14.2 Å². The molecule has 24 heavy (non-hydrogen) atoms. The van der Waals surface area contributed by atoms with Gasteiger partial charge in [-0.3, -0.25) is 4.79 Å². The van der Waals surface area contributed by atoms with Gasteiger partial charge in [-0.15, -0.1) is 11.3 Å². The first-order valence-corrected chi connectivity index (χ1v) is 8.81. The maximum atomic E-state index is 12.3. The minimum Gasteiger partial charge on any atom is -0.493 e. The lowest BCUT2D eigenvalue weighted by molar-refractivity contribution is -0.118. The number of anilines is 1. The number of hydrogen-bond acceptors (Lipinski definition) is 6. The second-order valence-corrected chi connectivity index (χ2v) is 6.46. The molecule has 1 atom stereocenters. The topological polar surface area (TPSA) is 72.5 Å². The van der Waals surface area contributed by atoms with Crippen LogP contribution in [0.1, 0.15) is 19.3 Å². The van der Waals surface area contributed by atoms with E-state index < -0.39 is 0 Å². The number of thiazole rings is 1. The van der Waals surface area contributed by atoms with Gasteiger partial charge < -0.3 is 20.1 Å². The average molecular weight is 347 g/mol. The second-order valence-electron chi connectivity index (χ2n) is 5.60. The van der Waals surface area contributed by atoms with Crippen molar-refractivity contribution in [1.82, 2.24) is 10.3 Å². The van der Waals surface area contributed by atoms with Crippen LogP contribution >= 0.6 is 11.3 Å². The van der Waals surface area contributed by atoms with Crippen LogP contribution in [0.3, 0.4) is 0 Å². The molecule has 1 aliphatic heterocycles. The van der Waals surface area contributed by atoms with E-state index in [-0.39, 0.29) is 11.9 Å². The first kappa shape index (κ1) is 16.7. The molecule has 1 amide bonds. The number of piperidine rings is 1. The Labute approximate surface area is 145 Å². The Morgan fingerprint density at radius 1 is 1.29 bits per heavy atom. The van der Waals surface area contributed by atoms with Gasteiger partial charge in [-0.25, -0.2) is 4.98 Å². The zero-order valence-corrected chi connectivity index (χ0v) is 14.6. The molecule has 0 bridgehead atoms. The van der Waals surface area contributed by atoms with E-state index in [0.717, 1.165) is 37.1 Å². The van der Waals surface area contributed by atoms with Crippen LogP contribution in [0.2, 0.25) is 0 Å². The van der Waals surface area contributed by atoms with Gasteiger partial charge in [0.1, 0.15) is 0 Å². The molecule has 0 radical (unpaired) electrons. The molecule has 1 aliphatic rings. The predicted octanol–water partition coefficient (Wildman–Crippen LogP) is 2.91. The van der Waals surface area contributed by atoms with E-state index in [1.807, 2.05) is 23.6 Å². The van der Waals surface area contributed by atoms with E-state index in [2.05, 4.69) is 15.6 Å². The summed E-state index contributed by atoms with van der Waals surface area (Å²) in [6, 6.07) is 5.53. The van der Waals surface area contributed by atoms with Crippen molar-refractivity contribution in [3.05, 3.63) is 23.6 Å². The molecule has 7 heteroatoms. The molecule has 1 aromatic heterocycles. The quantitative estimate of drug-likeness (QED) is 0.870. The first-order valence-electron chi connectivity index (χ1n) is 7.93. The van der Waals surface area contributed by atoms with Gasteiger partial charge in [-0.2, -0.15) is 0 Å². The molecule has 0 spiro atoms. The highest BCUT2D eigenvalue weighted by Gasteiger charge is 2.21. The third kappa shape index (κ3) is 3.68. The predicted molar refractivity (Wildman–Crippen MR) is 94.9 cm³/mol. The van der Waals surface area contributed by atoms with Gasteiger partial charge in [0.25, 0.3) is 0 Å². The van der Waals surface area contributed by atoms with E-state index >= 15 is 0 Å². The van der Waals surface area contributed by atoms with Gasteiger partial charge in [0.05, 0.1) is 26.0 Å². The second kappa shape index (κ2) is 7.63. The summed E-state index contributed by atoms with van der Waals surface area (Å²) in [5.41, 5.74) is 1.72. The van der Waals surface area contributed by atoms with Crippen LogP contribution in [-0.4, -0.2) is 37.7 Å². The van der Waals surface area contributed by atoms with Gasteiger partial charge in [0.15, 0.2) is 16.6 Å². The first-order chi connectivity index (χ1) is 11.7. The summed E-state index contributed by atoms with van der Waals surface area (Å²) in [6.07, 6.45) is 3.09. The van der Waals surface area contributed by atoms with Crippen molar-refractivity contribution in [2.24, 2.45) is 0 Å². The standard InChI is InChI=1S/C17H21N3O3S/c1-22-14-7-6-11(9-15(14)23-2)13-10-24-17(19-13)20-16(21)12-5-3-4-8-18-12/h6-7,9-10,12,18H,3-5,8H2,1-2H3,(H,19,20,21). The van der Waals surface area contributed by atoms with Crippen LogP contribution in [0.15, 0.2) is 23.6 Å². The molecule has 0 aliphatic carbocycles. The molecule has 0 saturated carbocycles. The van der Waals surface area contributed by atoms with Gasteiger partial charge in [-0.05, 0) is 37.6 Å². The summed E-state index contributed by atoms with van der Waals surface area (Å²) in [7, 11) is 3.21. The Morgan fingerprint density at radius 3 is 2.83 bits per heavy atom. The minimum atomic E-state index is -0.118. The van der Waals surface area contributed by atoms with Crippen molar-refractivity contribution in [2.45, 2.75) is 25.3 Å². The molecule has 1 unspecified atom stereocenters. The maximum Gasteiger partial charge on any atom is 0.243 e. The summed E-state index contributed by atoms with van der Waals surface area (Å²) >= 11 is 1.42. The summed E-state index contributed by atoms with van der Waals surface area (Å²) in [4.78, 5) is 16.8. The Kier molecular flexibility index (Phi) is 5.32. The molecule has 2 N–H and O–H groups in total. The van der Waals surface area contributed by atoms with Crippen molar-refractivity contribution in [1.29, 1.82) is 0 Å². The molecule has 2 heterocycles. The summed E-state index contributed by atoms with van der Waals surface area (Å²) in [6.45, 7) is 0.896. The van der Waals surface area contributed by atoms with E-state index in [0.29, 0.717) is 16.6 Å². The number of carbonyl (C=O) groups is 1. The number of nitrogens with zero attached hydrogens (tertiary/aromatic N) is 1. The number of nitrogens with one attached hydrogen (secondary N) is 2. The lowest BCUT2D eigenvalue weighted by atomic mass is 10.0. The fourth-order valence-electron chi connectivity index (χ4n) is 2.73. The smallest absolute Gasteiger partial charge is 0.243 e. The molecule has 1 fully saturated rings. The summed E-state index contributed by atoms with van der Waals surface area (Å²) in [5, 5.41) is 8.67. The van der Waals surface area contributed by atoms with Gasteiger partial charge >= 0.3 is 0 Å². The Morgan fingerprint density at radius 2 is 2.12 bits per heavy atom. The average Bonchev–Trinajstić information content (AvgIpc) is 3.10. The molecule has 1 aromatic carbocycles. The number of carbonyl (C=O) groups excluding carboxylic acids is 1. The molecule has 128 valence electrons. The summed E-state index contributed by atoms with van der Waals surface area (Å²) in [5.74, 6) is 1.32. The molecular formula is C17H21N3O3S. The Bertz CT molecular complexity index is 711. The monoisotopic (exact) mass is 347 g/mol. The Hall–Kier alpha value is -2.12. The lowest BCUT2D eigenvalue weighted by Crippen LogP contribution is -2.43. The minimum absolute atomic E-state index is 0.0112. The molecule has 1 saturated heterocycles. The van der Waals surface area contributed by atoms with Crippen molar-refractivity contribution < 1.29 is 14.3 Å². The lowest BCUT2D eigenvalue weighted by Gasteiger charge is -2.21. The number of ether oxygens (including phenoxy) is 2. The molecule has 6 nitrogen and oxygen atoms in total. The molecule has 2 aromatic rings. The zero-order chi connectivity index (χ0) is 16.9. The van der Waals surface area contributed by atoms with Crippen LogP contribution in [0.5, 0.6) is 11.5 Å². The van der Waals surface area contributed by atoms with Crippen LogP contribution in [0.25, 0.3) is 11.3 Å². The third-order valence-electron chi connectivity index (χ3n) is 4.04. The number of rotatable bonds is 5. The normalized spacial score (nSPS) is 17.3. The van der Waals surface area contributed by atoms with Crippen LogP contribution in [0.4, 0.5) is 5.13 Å². The fraction of sp³-hybridized carbons (Fsp3) is 0.412. The fourth-order valence-corrected chi connectivity index (χ4v) is 3.45. The largest absolute Gasteiger partial charge is 0.493 e. The van der Waals surface area contributed by atoms with Gasteiger partial charge in [0.2, 0.25) is 5.91 Å². The van der Waals surface area contributed by atoms with Crippen molar-refractivity contribution in [3.8, 4) is 22.8 Å². The number of benzene rings is 1. The van der Waals surface area contributed by atoms with Crippen molar-refractivity contribution >= 4 is 22.4 Å². The van der Waals surface area contributed by atoms with E-state index in [9.17, 15) is 4.79 Å². The van der Waals surface area contributed by atoms with Gasteiger partial charge in [-0.1, -0.05) is 6.42 Å². The molecular weight excluding hydrogens is 326 g/mol. The number of amides is 1. The Balaban J connectivity index is 1.72. The number of hydrogen-bond donors (Lipinski definition) is 2. The highest BCUT2D eigenvalue weighted by Crippen LogP contribution is 2.33. The zero-order valence-electron chi connectivity index (χ0n) is 13.8. The van der Waals surface area contributed by atoms with E-state index in [1.165, 1.54) is 11.3 Å². The third-order valence-corrected chi connectivity index (χ3v) is 4.80. The number of aromatic nitrogens is 1. The van der Waals surface area contributed by atoms with Crippen molar-refractivity contribution in [2.75, 3.05) is 26.1 Å². The summed E-state index contributed by atoms with van der Waals surface area (Å²) < 4.78 is 10.6. The highest BCUT2D eigenvalue weighted by molar-refractivity contribution is 7.14. The van der Waals surface area contributed by atoms with Gasteiger partial charge in [0, 0.05) is 10.9 Å². The van der Waals surface area contributed by atoms with Crippen LogP contribution < -0.4 is 20.1 Å². The van der Waals surface area contributed by atoms with E-state index in [4.69, 9.17) is 9.47 Å². The van der Waals surface area contributed by atoms with Crippen LogP contribution in [-0.2, 0) is 4.79 Å². The van der Waals surface area contributed by atoms with Crippen molar-refractivity contribution in [3.63, 3.8) is 0 Å². The molecule has 3 rings (SSSR count). The number of methoxy groups -OCH3 is 2. The van der Waals surface area contributed by atoms with Crippen LogP contribution in [0, 0.1) is 0 Å².